The molecule has 2 aromatic carbocycles. The quantitative estimate of drug-likeness (QED) is 0.400. The van der Waals surface area contributed by atoms with Gasteiger partial charge in [-0.2, -0.15) is 0 Å². The van der Waals surface area contributed by atoms with E-state index in [1.807, 2.05) is 66.3 Å². The van der Waals surface area contributed by atoms with E-state index in [4.69, 9.17) is 21.3 Å². The molecule has 0 saturated carbocycles. The van der Waals surface area contributed by atoms with Crippen LogP contribution >= 0.6 is 22.9 Å². The Kier molecular flexibility index (Phi) is 4.84. The van der Waals surface area contributed by atoms with Crippen molar-refractivity contribution in [1.29, 1.82) is 0 Å². The summed E-state index contributed by atoms with van der Waals surface area (Å²) in [5, 5.41) is 1.03. The highest BCUT2D eigenvalue weighted by Crippen LogP contribution is 2.46. The van der Waals surface area contributed by atoms with Crippen molar-refractivity contribution < 1.29 is 4.74 Å². The van der Waals surface area contributed by atoms with Crippen molar-refractivity contribution in [3.63, 3.8) is 0 Å². The van der Waals surface area contributed by atoms with Crippen LogP contribution in [-0.4, -0.2) is 26.6 Å². The van der Waals surface area contributed by atoms with Crippen molar-refractivity contribution in [3.05, 3.63) is 76.3 Å². The number of H-pyrrole nitrogens is 1. The van der Waals surface area contributed by atoms with E-state index in [1.165, 1.54) is 11.3 Å². The molecule has 0 atom stereocenters. The van der Waals surface area contributed by atoms with Gasteiger partial charge in [0.15, 0.2) is 11.6 Å². The maximum Gasteiger partial charge on any atom is 0.260 e. The van der Waals surface area contributed by atoms with Gasteiger partial charge in [-0.25, -0.2) is 9.97 Å². The SMILES string of the molecule is COc1cccc(-c2sc3nc(-c4nccn4C)[nH]c(=O)c3c2-c2ccccc2)c1Cl. The summed E-state index contributed by atoms with van der Waals surface area (Å²) in [5.41, 5.74) is 2.29. The second-order valence-electron chi connectivity index (χ2n) is 6.95. The van der Waals surface area contributed by atoms with Gasteiger partial charge in [0.05, 0.1) is 17.5 Å². The first-order valence-electron chi connectivity index (χ1n) is 9.51. The molecule has 5 rings (SSSR count). The summed E-state index contributed by atoms with van der Waals surface area (Å²) in [6.45, 7) is 0. The summed E-state index contributed by atoms with van der Waals surface area (Å²) in [6, 6.07) is 15.4. The predicted octanol–water partition coefficient (Wildman–Crippen LogP) is 5.38. The molecule has 3 aromatic heterocycles. The van der Waals surface area contributed by atoms with Gasteiger partial charge < -0.3 is 14.3 Å². The molecule has 5 aromatic rings. The van der Waals surface area contributed by atoms with E-state index in [1.54, 1.807) is 13.3 Å². The Morgan fingerprint density at radius 3 is 2.65 bits per heavy atom. The van der Waals surface area contributed by atoms with Crippen LogP contribution in [0.15, 0.2) is 65.7 Å². The van der Waals surface area contributed by atoms with Gasteiger partial charge in [-0.1, -0.05) is 54.1 Å². The topological polar surface area (TPSA) is 72.8 Å². The second-order valence-corrected chi connectivity index (χ2v) is 8.33. The number of nitrogens with one attached hydrogen (secondary N) is 1. The van der Waals surface area contributed by atoms with Gasteiger partial charge in [0.1, 0.15) is 10.6 Å². The molecule has 8 heteroatoms. The Balaban J connectivity index is 1.86. The maximum atomic E-state index is 13.3. The standard InChI is InChI=1S/C23H17ClN4O2S/c1-28-12-11-25-21(28)20-26-22(29)17-16(13-7-4-3-5-8-13)19(31-23(17)27-20)14-9-6-10-15(30-2)18(14)24/h3-12H,1-2H3,(H,26,27,29). The Morgan fingerprint density at radius 2 is 1.94 bits per heavy atom. The number of rotatable bonds is 4. The molecule has 0 saturated heterocycles. The van der Waals surface area contributed by atoms with Crippen LogP contribution in [0.5, 0.6) is 5.75 Å². The van der Waals surface area contributed by atoms with Gasteiger partial charge in [-0.3, -0.25) is 4.79 Å². The van der Waals surface area contributed by atoms with E-state index >= 15 is 0 Å². The van der Waals surface area contributed by atoms with Crippen LogP contribution in [0.4, 0.5) is 0 Å². The van der Waals surface area contributed by atoms with Crippen LogP contribution in [0, 0.1) is 0 Å². The van der Waals surface area contributed by atoms with Crippen LogP contribution < -0.4 is 10.3 Å². The lowest BCUT2D eigenvalue weighted by Gasteiger charge is -2.10. The number of fused-ring (bicyclic) bond motifs is 1. The molecule has 154 valence electrons. The number of hydrogen-bond acceptors (Lipinski definition) is 5. The zero-order chi connectivity index (χ0) is 21.5. The number of ether oxygens (including phenoxy) is 1. The number of imidazole rings is 1. The number of thiophene rings is 1. The number of benzene rings is 2. The predicted molar refractivity (Wildman–Crippen MR) is 125 cm³/mol. The lowest BCUT2D eigenvalue weighted by Crippen LogP contribution is -2.10. The Bertz CT molecular complexity index is 1470. The number of aryl methyl sites for hydroxylation is 1. The maximum absolute atomic E-state index is 13.3. The molecule has 1 N–H and O–H groups in total. The molecule has 0 bridgehead atoms. The van der Waals surface area contributed by atoms with Crippen LogP contribution in [0.1, 0.15) is 0 Å². The number of nitrogens with zero attached hydrogens (tertiary/aromatic N) is 3. The van der Waals surface area contributed by atoms with Crippen molar-refractivity contribution in [2.75, 3.05) is 7.11 Å². The van der Waals surface area contributed by atoms with Crippen LogP contribution in [0.3, 0.4) is 0 Å². The summed E-state index contributed by atoms with van der Waals surface area (Å²) in [4.78, 5) is 26.7. The molecule has 0 fully saturated rings. The molecule has 6 nitrogen and oxygen atoms in total. The Labute approximate surface area is 186 Å². The summed E-state index contributed by atoms with van der Waals surface area (Å²) in [6.07, 6.45) is 3.48. The number of methoxy groups -OCH3 is 1. The molecule has 0 aliphatic heterocycles. The highest BCUT2D eigenvalue weighted by molar-refractivity contribution is 7.22. The second kappa shape index (κ2) is 7.68. The van der Waals surface area contributed by atoms with E-state index in [-0.39, 0.29) is 5.56 Å². The minimum absolute atomic E-state index is 0.219. The lowest BCUT2D eigenvalue weighted by molar-refractivity contribution is 0.415. The molecule has 0 aliphatic carbocycles. The van der Waals surface area contributed by atoms with Crippen molar-refractivity contribution in [3.8, 4) is 39.0 Å². The number of aromatic nitrogens is 4. The fourth-order valence-electron chi connectivity index (χ4n) is 3.62. The Morgan fingerprint density at radius 1 is 1.13 bits per heavy atom. The van der Waals surface area contributed by atoms with Crippen molar-refractivity contribution in [1.82, 2.24) is 19.5 Å². The number of halogens is 1. The molecular formula is C23H17ClN4O2S. The summed E-state index contributed by atoms with van der Waals surface area (Å²) in [7, 11) is 3.44. The first kappa shape index (κ1) is 19.5. The van der Waals surface area contributed by atoms with Crippen LogP contribution in [0.25, 0.3) is 43.4 Å². The van der Waals surface area contributed by atoms with E-state index in [9.17, 15) is 4.79 Å². The monoisotopic (exact) mass is 448 g/mol. The fraction of sp³-hybridized carbons (Fsp3) is 0.0870. The third kappa shape index (κ3) is 3.22. The molecule has 0 radical (unpaired) electrons. The summed E-state index contributed by atoms with van der Waals surface area (Å²) >= 11 is 8.09. The molecule has 0 amide bonds. The minimum atomic E-state index is -0.219. The van der Waals surface area contributed by atoms with Gasteiger partial charge in [-0.15, -0.1) is 11.3 Å². The number of hydrogen-bond donors (Lipinski definition) is 1. The van der Waals surface area contributed by atoms with Gasteiger partial charge in [0.2, 0.25) is 0 Å². The van der Waals surface area contributed by atoms with E-state index in [0.29, 0.717) is 32.6 Å². The third-order valence-corrected chi connectivity index (χ3v) is 6.59. The third-order valence-electron chi connectivity index (χ3n) is 5.09. The fourth-order valence-corrected chi connectivity index (χ4v) is 5.20. The lowest BCUT2D eigenvalue weighted by atomic mass is 10.00. The molecule has 0 aliphatic rings. The van der Waals surface area contributed by atoms with Crippen molar-refractivity contribution in [2.24, 2.45) is 7.05 Å². The summed E-state index contributed by atoms with van der Waals surface area (Å²) in [5.74, 6) is 1.59. The van der Waals surface area contributed by atoms with E-state index in [2.05, 4.69) is 9.97 Å². The number of aromatic amines is 1. The van der Waals surface area contributed by atoms with Crippen LogP contribution in [0.2, 0.25) is 5.02 Å². The normalized spacial score (nSPS) is 11.2. The first-order valence-corrected chi connectivity index (χ1v) is 10.7. The van der Waals surface area contributed by atoms with Crippen molar-refractivity contribution >= 4 is 33.2 Å². The van der Waals surface area contributed by atoms with Gasteiger partial charge >= 0.3 is 0 Å². The molecule has 0 spiro atoms. The molecular weight excluding hydrogens is 432 g/mol. The zero-order valence-corrected chi connectivity index (χ0v) is 18.3. The highest BCUT2D eigenvalue weighted by atomic mass is 35.5. The zero-order valence-electron chi connectivity index (χ0n) is 16.7. The molecule has 31 heavy (non-hydrogen) atoms. The van der Waals surface area contributed by atoms with Crippen LogP contribution in [-0.2, 0) is 7.05 Å². The van der Waals surface area contributed by atoms with E-state index < -0.39 is 0 Å². The molecule has 3 heterocycles. The smallest absolute Gasteiger partial charge is 0.260 e. The van der Waals surface area contributed by atoms with Gasteiger partial charge in [-0.05, 0) is 11.6 Å². The largest absolute Gasteiger partial charge is 0.495 e. The average Bonchev–Trinajstić information content (AvgIpc) is 3.38. The first-order chi connectivity index (χ1) is 15.1. The van der Waals surface area contributed by atoms with E-state index in [0.717, 1.165) is 21.6 Å². The van der Waals surface area contributed by atoms with Crippen molar-refractivity contribution in [2.45, 2.75) is 0 Å². The van der Waals surface area contributed by atoms with Gasteiger partial charge in [0, 0.05) is 35.4 Å². The Hall–Kier alpha value is -3.42. The van der Waals surface area contributed by atoms with Gasteiger partial charge in [0.25, 0.3) is 5.56 Å². The highest BCUT2D eigenvalue weighted by Gasteiger charge is 2.23. The average molecular weight is 449 g/mol. The minimum Gasteiger partial charge on any atom is -0.495 e. The molecule has 0 unspecified atom stereocenters. The summed E-state index contributed by atoms with van der Waals surface area (Å²) < 4.78 is 7.23.